The van der Waals surface area contributed by atoms with E-state index in [-0.39, 0.29) is 5.91 Å². The number of hydrogen-bond donors (Lipinski definition) is 2. The van der Waals surface area contributed by atoms with Crippen molar-refractivity contribution in [2.75, 3.05) is 19.6 Å². The van der Waals surface area contributed by atoms with E-state index in [1.54, 1.807) is 0 Å². The van der Waals surface area contributed by atoms with E-state index in [0.717, 1.165) is 25.8 Å². The molecular weight excluding hydrogens is 250 g/mol. The van der Waals surface area contributed by atoms with Crippen LogP contribution in [0.1, 0.15) is 65.7 Å². The topological polar surface area (TPSA) is 58.4 Å². The molecule has 3 N–H and O–H groups in total. The minimum absolute atomic E-state index is 0.205. The number of nitrogens with zero attached hydrogens (tertiary/aromatic N) is 1. The average molecular weight is 283 g/mol. The van der Waals surface area contributed by atoms with E-state index in [1.165, 1.54) is 38.8 Å². The van der Waals surface area contributed by atoms with Crippen LogP contribution in [0.5, 0.6) is 0 Å². The van der Waals surface area contributed by atoms with Gasteiger partial charge in [-0.15, -0.1) is 0 Å². The van der Waals surface area contributed by atoms with Gasteiger partial charge in [0.25, 0.3) is 0 Å². The summed E-state index contributed by atoms with van der Waals surface area (Å²) in [6, 6.07) is 0.518. The van der Waals surface area contributed by atoms with Crippen molar-refractivity contribution >= 4 is 5.91 Å². The highest BCUT2D eigenvalue weighted by Gasteiger charge is 2.36. The summed E-state index contributed by atoms with van der Waals surface area (Å²) in [5.74, 6) is -0.205. The number of unbranched alkanes of at least 4 members (excludes halogenated alkanes) is 1. The van der Waals surface area contributed by atoms with Gasteiger partial charge in [-0.05, 0) is 71.5 Å². The lowest BCUT2D eigenvalue weighted by Gasteiger charge is -2.28. The zero-order chi connectivity index (χ0) is 15.0. The quantitative estimate of drug-likeness (QED) is 0.540. The lowest BCUT2D eigenvalue weighted by Crippen LogP contribution is -2.54. The standard InChI is InChI=1S/C16H33N3O/c1-4-11-19(12-5-2)13-7-6-10-16(3,15(17)20)18-14-8-9-14/h14,18H,4-13H2,1-3H3,(H2,17,20). The summed E-state index contributed by atoms with van der Waals surface area (Å²) in [4.78, 5) is 14.2. The fourth-order valence-electron chi connectivity index (χ4n) is 2.73. The minimum atomic E-state index is -0.512. The molecule has 0 radical (unpaired) electrons. The maximum atomic E-state index is 11.7. The zero-order valence-corrected chi connectivity index (χ0v) is 13.6. The number of hydrogen-bond acceptors (Lipinski definition) is 3. The molecule has 1 aliphatic rings. The van der Waals surface area contributed by atoms with Crippen LogP contribution in [-0.2, 0) is 4.79 Å². The number of carbonyl (C=O) groups excluding carboxylic acids is 1. The van der Waals surface area contributed by atoms with Crippen LogP contribution in [0.3, 0.4) is 0 Å². The highest BCUT2D eigenvalue weighted by molar-refractivity contribution is 5.84. The molecule has 0 aromatic rings. The monoisotopic (exact) mass is 283 g/mol. The van der Waals surface area contributed by atoms with E-state index in [1.807, 2.05) is 6.92 Å². The molecule has 0 spiro atoms. The number of amides is 1. The van der Waals surface area contributed by atoms with Gasteiger partial charge >= 0.3 is 0 Å². The summed E-state index contributed by atoms with van der Waals surface area (Å²) in [5, 5.41) is 3.42. The molecule has 4 nitrogen and oxygen atoms in total. The Labute approximate surface area is 124 Å². The van der Waals surface area contributed by atoms with Crippen molar-refractivity contribution in [2.24, 2.45) is 5.73 Å². The van der Waals surface area contributed by atoms with Gasteiger partial charge in [0.2, 0.25) is 5.91 Å². The van der Waals surface area contributed by atoms with Crippen LogP contribution in [0.25, 0.3) is 0 Å². The fourth-order valence-corrected chi connectivity index (χ4v) is 2.73. The van der Waals surface area contributed by atoms with Crippen molar-refractivity contribution in [2.45, 2.75) is 77.3 Å². The summed E-state index contributed by atoms with van der Waals surface area (Å²) in [6.45, 7) is 9.92. The van der Waals surface area contributed by atoms with Crippen molar-refractivity contribution < 1.29 is 4.79 Å². The van der Waals surface area contributed by atoms with Crippen LogP contribution in [0.2, 0.25) is 0 Å². The van der Waals surface area contributed by atoms with E-state index < -0.39 is 5.54 Å². The van der Waals surface area contributed by atoms with E-state index in [0.29, 0.717) is 6.04 Å². The molecule has 118 valence electrons. The van der Waals surface area contributed by atoms with Gasteiger partial charge in [0.1, 0.15) is 0 Å². The van der Waals surface area contributed by atoms with Crippen LogP contribution in [0.4, 0.5) is 0 Å². The van der Waals surface area contributed by atoms with Gasteiger partial charge in [0, 0.05) is 6.04 Å². The van der Waals surface area contributed by atoms with E-state index in [4.69, 9.17) is 5.73 Å². The van der Waals surface area contributed by atoms with Gasteiger partial charge in [-0.3, -0.25) is 4.79 Å². The van der Waals surface area contributed by atoms with Crippen LogP contribution in [0.15, 0.2) is 0 Å². The molecule has 0 bridgehead atoms. The Bertz CT molecular complexity index is 285. The Morgan fingerprint density at radius 3 is 2.25 bits per heavy atom. The summed E-state index contributed by atoms with van der Waals surface area (Å²) in [6.07, 6.45) is 7.85. The molecule has 1 fully saturated rings. The first kappa shape index (κ1) is 17.4. The third kappa shape index (κ3) is 6.23. The van der Waals surface area contributed by atoms with Crippen molar-refractivity contribution in [1.82, 2.24) is 10.2 Å². The predicted octanol–water partition coefficient (Wildman–Crippen LogP) is 2.27. The molecule has 1 saturated carbocycles. The Balaban J connectivity index is 2.27. The largest absolute Gasteiger partial charge is 0.368 e. The summed E-state index contributed by atoms with van der Waals surface area (Å²) < 4.78 is 0. The smallest absolute Gasteiger partial charge is 0.237 e. The van der Waals surface area contributed by atoms with E-state index in [2.05, 4.69) is 24.1 Å². The first-order valence-electron chi connectivity index (χ1n) is 8.31. The van der Waals surface area contributed by atoms with Crippen molar-refractivity contribution in [3.8, 4) is 0 Å². The van der Waals surface area contributed by atoms with Gasteiger partial charge in [-0.25, -0.2) is 0 Å². The first-order valence-corrected chi connectivity index (χ1v) is 8.31. The van der Waals surface area contributed by atoms with Crippen LogP contribution < -0.4 is 11.1 Å². The minimum Gasteiger partial charge on any atom is -0.368 e. The lowest BCUT2D eigenvalue weighted by molar-refractivity contribution is -0.124. The molecule has 0 aromatic carbocycles. The molecule has 1 unspecified atom stereocenters. The summed E-state index contributed by atoms with van der Waals surface area (Å²) >= 11 is 0. The first-order chi connectivity index (χ1) is 9.51. The summed E-state index contributed by atoms with van der Waals surface area (Å²) in [7, 11) is 0. The molecule has 1 amide bonds. The van der Waals surface area contributed by atoms with Crippen molar-refractivity contribution in [3.63, 3.8) is 0 Å². The number of nitrogens with two attached hydrogens (primary N) is 1. The maximum absolute atomic E-state index is 11.7. The number of primary amides is 1. The third-order valence-electron chi connectivity index (χ3n) is 4.12. The van der Waals surface area contributed by atoms with Crippen molar-refractivity contribution in [3.05, 3.63) is 0 Å². The zero-order valence-electron chi connectivity index (χ0n) is 13.6. The van der Waals surface area contributed by atoms with Gasteiger partial charge in [0.05, 0.1) is 5.54 Å². The van der Waals surface area contributed by atoms with Gasteiger partial charge < -0.3 is 16.0 Å². The highest BCUT2D eigenvalue weighted by atomic mass is 16.1. The predicted molar refractivity (Wildman–Crippen MR) is 84.6 cm³/mol. The number of nitrogens with one attached hydrogen (secondary N) is 1. The van der Waals surface area contributed by atoms with E-state index >= 15 is 0 Å². The second-order valence-electron chi connectivity index (χ2n) is 6.41. The maximum Gasteiger partial charge on any atom is 0.237 e. The van der Waals surface area contributed by atoms with Crippen LogP contribution in [0, 0.1) is 0 Å². The van der Waals surface area contributed by atoms with E-state index in [9.17, 15) is 4.79 Å². The molecule has 20 heavy (non-hydrogen) atoms. The molecule has 4 heteroatoms. The molecule has 1 aliphatic carbocycles. The fraction of sp³-hybridized carbons (Fsp3) is 0.938. The van der Waals surface area contributed by atoms with Gasteiger partial charge in [0.15, 0.2) is 0 Å². The molecule has 0 aromatic heterocycles. The van der Waals surface area contributed by atoms with Crippen LogP contribution >= 0.6 is 0 Å². The SMILES string of the molecule is CCCN(CCC)CCCCC(C)(NC1CC1)C(N)=O. The molecular formula is C16H33N3O. The Morgan fingerprint density at radius 2 is 1.80 bits per heavy atom. The average Bonchev–Trinajstić information content (AvgIpc) is 3.18. The number of carbonyl (C=O) groups is 1. The normalized spacial score (nSPS) is 18.2. The molecule has 1 rings (SSSR count). The lowest BCUT2D eigenvalue weighted by atomic mass is 9.93. The van der Waals surface area contributed by atoms with Crippen molar-refractivity contribution in [1.29, 1.82) is 0 Å². The molecule has 1 atom stereocenters. The second kappa shape index (κ2) is 8.63. The Hall–Kier alpha value is -0.610. The molecule has 0 saturated heterocycles. The molecule has 0 aliphatic heterocycles. The van der Waals surface area contributed by atoms with Crippen LogP contribution in [-0.4, -0.2) is 42.0 Å². The molecule has 0 heterocycles. The highest BCUT2D eigenvalue weighted by Crippen LogP contribution is 2.25. The number of rotatable bonds is 12. The van der Waals surface area contributed by atoms with Gasteiger partial charge in [-0.1, -0.05) is 13.8 Å². The third-order valence-corrected chi connectivity index (χ3v) is 4.12. The summed E-state index contributed by atoms with van der Waals surface area (Å²) in [5.41, 5.74) is 5.06. The second-order valence-corrected chi connectivity index (χ2v) is 6.41. The Kier molecular flexibility index (Phi) is 7.52. The van der Waals surface area contributed by atoms with Gasteiger partial charge in [-0.2, -0.15) is 0 Å². The Morgan fingerprint density at radius 1 is 1.20 bits per heavy atom.